The van der Waals surface area contributed by atoms with E-state index in [1.807, 2.05) is 5.38 Å². The molecule has 1 aliphatic rings. The lowest BCUT2D eigenvalue weighted by Gasteiger charge is -2.24. The molecule has 1 atom stereocenters. The van der Waals surface area contributed by atoms with Crippen LogP contribution in [0.3, 0.4) is 0 Å². The maximum atomic E-state index is 13.0. The molecule has 134 valence electrons. The van der Waals surface area contributed by atoms with E-state index in [1.165, 1.54) is 29.5 Å². The van der Waals surface area contributed by atoms with Gasteiger partial charge in [0.2, 0.25) is 0 Å². The first-order valence-corrected chi connectivity index (χ1v) is 8.70. The summed E-state index contributed by atoms with van der Waals surface area (Å²) in [5.74, 6) is 0. The van der Waals surface area contributed by atoms with E-state index >= 15 is 0 Å². The fourth-order valence-corrected chi connectivity index (χ4v) is 3.61. The van der Waals surface area contributed by atoms with E-state index in [1.54, 1.807) is 6.20 Å². The second-order valence-corrected chi connectivity index (χ2v) is 6.56. The molecule has 2 amide bonds. The molecule has 2 heterocycles. The number of aromatic nitrogens is 1. The quantitative estimate of drug-likeness (QED) is 0.857. The van der Waals surface area contributed by atoms with E-state index in [4.69, 9.17) is 0 Å². The number of hydrogen-bond acceptors (Lipinski definition) is 4. The van der Waals surface area contributed by atoms with Gasteiger partial charge in [0.1, 0.15) is 0 Å². The molecule has 1 unspecified atom stereocenters. The van der Waals surface area contributed by atoms with Crippen LogP contribution in [0.1, 0.15) is 18.4 Å². The number of carbonyl (C=O) groups excluding carboxylic acids is 1. The van der Waals surface area contributed by atoms with Crippen molar-refractivity contribution in [3.63, 3.8) is 0 Å². The molecule has 5 nitrogen and oxygen atoms in total. The van der Waals surface area contributed by atoms with Gasteiger partial charge in [-0.25, -0.2) is 9.78 Å². The Bertz CT molecular complexity index is 720. The number of thiazole rings is 1. The number of para-hydroxylation sites is 1. The van der Waals surface area contributed by atoms with Crippen LogP contribution >= 0.6 is 11.3 Å². The average molecular weight is 370 g/mol. The van der Waals surface area contributed by atoms with Gasteiger partial charge in [0.25, 0.3) is 0 Å². The fraction of sp³-hybridized carbons (Fsp3) is 0.375. The number of hydrogen-bond donors (Lipinski definition) is 2. The van der Waals surface area contributed by atoms with Gasteiger partial charge in [-0.1, -0.05) is 12.1 Å². The first-order chi connectivity index (χ1) is 11.9. The van der Waals surface area contributed by atoms with Gasteiger partial charge in [-0.3, -0.25) is 0 Å². The summed E-state index contributed by atoms with van der Waals surface area (Å²) in [4.78, 5) is 18.4. The molecular formula is C16H17F3N4OS. The maximum absolute atomic E-state index is 13.0. The molecule has 3 rings (SSSR count). The molecule has 1 aliphatic heterocycles. The third kappa shape index (κ3) is 4.22. The first-order valence-electron chi connectivity index (χ1n) is 7.82. The zero-order valence-electron chi connectivity index (χ0n) is 13.2. The fourth-order valence-electron chi connectivity index (χ4n) is 2.87. The molecule has 1 fully saturated rings. The van der Waals surface area contributed by atoms with Crippen molar-refractivity contribution in [1.82, 2.24) is 10.3 Å². The van der Waals surface area contributed by atoms with Gasteiger partial charge in [-0.05, 0) is 25.0 Å². The van der Waals surface area contributed by atoms with Crippen molar-refractivity contribution in [2.75, 3.05) is 23.3 Å². The summed E-state index contributed by atoms with van der Waals surface area (Å²) in [6.07, 6.45) is -0.899. The van der Waals surface area contributed by atoms with E-state index in [0.29, 0.717) is 6.54 Å². The summed E-state index contributed by atoms with van der Waals surface area (Å²) in [7, 11) is 0. The monoisotopic (exact) mass is 370 g/mol. The van der Waals surface area contributed by atoms with E-state index in [0.717, 1.165) is 30.6 Å². The zero-order chi connectivity index (χ0) is 17.9. The summed E-state index contributed by atoms with van der Waals surface area (Å²) < 4.78 is 38.9. The minimum atomic E-state index is -4.52. The number of rotatable bonds is 4. The van der Waals surface area contributed by atoms with Crippen LogP contribution in [-0.4, -0.2) is 30.1 Å². The third-order valence-corrected chi connectivity index (χ3v) is 4.83. The van der Waals surface area contributed by atoms with E-state index in [9.17, 15) is 18.0 Å². The lowest BCUT2D eigenvalue weighted by Crippen LogP contribution is -2.41. The van der Waals surface area contributed by atoms with Gasteiger partial charge in [0, 0.05) is 30.7 Å². The molecule has 1 aromatic carbocycles. The summed E-state index contributed by atoms with van der Waals surface area (Å²) in [5, 5.41) is 7.73. The molecule has 9 heteroatoms. The highest BCUT2D eigenvalue weighted by Crippen LogP contribution is 2.34. The highest BCUT2D eigenvalue weighted by atomic mass is 32.1. The maximum Gasteiger partial charge on any atom is 0.418 e. The minimum absolute atomic E-state index is 0.0924. The van der Waals surface area contributed by atoms with Crippen LogP contribution in [0.5, 0.6) is 0 Å². The molecule has 25 heavy (non-hydrogen) atoms. The van der Waals surface area contributed by atoms with Crippen LogP contribution in [0, 0.1) is 0 Å². The number of benzene rings is 1. The Morgan fingerprint density at radius 1 is 1.36 bits per heavy atom. The number of halogens is 3. The minimum Gasteiger partial charge on any atom is -0.343 e. The first kappa shape index (κ1) is 17.5. The number of urea groups is 1. The van der Waals surface area contributed by atoms with Crippen LogP contribution in [0.2, 0.25) is 0 Å². The Labute approximate surface area is 146 Å². The van der Waals surface area contributed by atoms with Gasteiger partial charge in [-0.15, -0.1) is 11.3 Å². The summed E-state index contributed by atoms with van der Waals surface area (Å²) >= 11 is 1.53. The largest absolute Gasteiger partial charge is 0.418 e. The van der Waals surface area contributed by atoms with Crippen molar-refractivity contribution in [3.8, 4) is 0 Å². The normalized spacial score (nSPS) is 17.6. The predicted octanol–water partition coefficient (Wildman–Crippen LogP) is 3.95. The Morgan fingerprint density at radius 3 is 2.88 bits per heavy atom. The van der Waals surface area contributed by atoms with Crippen molar-refractivity contribution < 1.29 is 18.0 Å². The van der Waals surface area contributed by atoms with Crippen molar-refractivity contribution >= 4 is 28.2 Å². The molecular weight excluding hydrogens is 353 g/mol. The molecule has 0 saturated carbocycles. The Hall–Kier alpha value is -2.29. The Kier molecular flexibility index (Phi) is 5.12. The van der Waals surface area contributed by atoms with Gasteiger partial charge in [-0.2, -0.15) is 13.2 Å². The van der Waals surface area contributed by atoms with Crippen molar-refractivity contribution in [2.24, 2.45) is 0 Å². The molecule has 0 spiro atoms. The topological polar surface area (TPSA) is 57.3 Å². The van der Waals surface area contributed by atoms with Crippen molar-refractivity contribution in [3.05, 3.63) is 41.4 Å². The third-order valence-electron chi connectivity index (χ3n) is 4.02. The number of alkyl halides is 3. The number of amides is 2. The van der Waals surface area contributed by atoms with Crippen LogP contribution in [0.4, 0.5) is 28.8 Å². The van der Waals surface area contributed by atoms with E-state index in [-0.39, 0.29) is 11.7 Å². The summed E-state index contributed by atoms with van der Waals surface area (Å²) in [6.45, 7) is 1.21. The molecule has 1 saturated heterocycles. The van der Waals surface area contributed by atoms with Crippen LogP contribution in [0.15, 0.2) is 35.8 Å². The van der Waals surface area contributed by atoms with Crippen LogP contribution < -0.4 is 15.5 Å². The number of nitrogens with zero attached hydrogens (tertiary/aromatic N) is 2. The smallest absolute Gasteiger partial charge is 0.343 e. The highest BCUT2D eigenvalue weighted by molar-refractivity contribution is 7.13. The number of carbonyl (C=O) groups is 1. The van der Waals surface area contributed by atoms with Gasteiger partial charge in [0.05, 0.1) is 11.3 Å². The Balaban J connectivity index is 1.59. The Morgan fingerprint density at radius 2 is 2.16 bits per heavy atom. The van der Waals surface area contributed by atoms with Crippen molar-refractivity contribution in [1.29, 1.82) is 0 Å². The lowest BCUT2D eigenvalue weighted by molar-refractivity contribution is -0.136. The van der Waals surface area contributed by atoms with E-state index < -0.39 is 17.8 Å². The van der Waals surface area contributed by atoms with Gasteiger partial charge >= 0.3 is 12.2 Å². The molecule has 2 aromatic rings. The molecule has 1 aromatic heterocycles. The molecule has 0 bridgehead atoms. The van der Waals surface area contributed by atoms with Gasteiger partial charge < -0.3 is 15.5 Å². The van der Waals surface area contributed by atoms with E-state index in [2.05, 4.69) is 20.5 Å². The van der Waals surface area contributed by atoms with Crippen molar-refractivity contribution in [2.45, 2.75) is 25.1 Å². The number of anilines is 2. The summed E-state index contributed by atoms with van der Waals surface area (Å²) in [6, 6.07) is 4.36. The average Bonchev–Trinajstić information content (AvgIpc) is 3.23. The predicted molar refractivity (Wildman–Crippen MR) is 90.9 cm³/mol. The van der Waals surface area contributed by atoms with Crippen LogP contribution in [0.25, 0.3) is 0 Å². The molecule has 0 aliphatic carbocycles. The SMILES string of the molecule is O=C(NCC1CCCN1c1nccs1)Nc1ccccc1C(F)(F)F. The summed E-state index contributed by atoms with van der Waals surface area (Å²) in [5.41, 5.74) is -1.12. The highest BCUT2D eigenvalue weighted by Gasteiger charge is 2.33. The molecule has 2 N–H and O–H groups in total. The molecule has 0 radical (unpaired) electrons. The lowest BCUT2D eigenvalue weighted by atomic mass is 10.1. The standard InChI is InChI=1S/C16H17F3N4OS/c17-16(18,19)12-5-1-2-6-13(12)22-14(24)21-10-11-4-3-8-23(11)15-20-7-9-25-15/h1-2,5-7,9,11H,3-4,8,10H2,(H2,21,22,24). The zero-order valence-corrected chi connectivity index (χ0v) is 14.0. The second kappa shape index (κ2) is 7.30. The number of nitrogens with one attached hydrogen (secondary N) is 2. The second-order valence-electron chi connectivity index (χ2n) is 5.68. The van der Waals surface area contributed by atoms with Gasteiger partial charge in [0.15, 0.2) is 5.13 Å². The van der Waals surface area contributed by atoms with Crippen LogP contribution in [-0.2, 0) is 6.18 Å².